The maximum Gasteiger partial charge on any atom is 0.255 e. The number of hydrogen-bond donors (Lipinski definition) is 1. The highest BCUT2D eigenvalue weighted by atomic mass is 16.2. The minimum atomic E-state index is 0.0121. The zero-order valence-corrected chi connectivity index (χ0v) is 19.7. The van der Waals surface area contributed by atoms with Crippen LogP contribution in [0.5, 0.6) is 0 Å². The lowest BCUT2D eigenvalue weighted by Gasteiger charge is -2.33. The van der Waals surface area contributed by atoms with Crippen LogP contribution in [0.4, 0.5) is 17.5 Å². The van der Waals surface area contributed by atoms with E-state index in [1.165, 1.54) is 12.8 Å². The molecule has 4 heterocycles. The topological polar surface area (TPSA) is 81.9 Å². The number of nitrogens with one attached hydrogen (secondary N) is 1. The average molecular weight is 449 g/mol. The van der Waals surface area contributed by atoms with E-state index in [-0.39, 0.29) is 5.91 Å². The molecule has 0 aromatic carbocycles. The summed E-state index contributed by atoms with van der Waals surface area (Å²) in [4.78, 5) is 28.3. The summed E-state index contributed by atoms with van der Waals surface area (Å²) in [6, 6.07) is 5.98. The molecule has 0 radical (unpaired) electrons. The molecule has 0 spiro atoms. The van der Waals surface area contributed by atoms with Gasteiger partial charge in [0.15, 0.2) is 0 Å². The number of pyridine rings is 1. The van der Waals surface area contributed by atoms with Crippen LogP contribution in [0.3, 0.4) is 0 Å². The molecule has 0 unspecified atom stereocenters. The monoisotopic (exact) mass is 448 g/mol. The zero-order chi connectivity index (χ0) is 22.9. The van der Waals surface area contributed by atoms with Crippen LogP contribution in [0.1, 0.15) is 47.7 Å². The normalized spacial score (nSPS) is 17.6. The molecule has 1 N–H and O–H groups in total. The van der Waals surface area contributed by atoms with E-state index in [1.807, 2.05) is 22.8 Å². The van der Waals surface area contributed by atoms with E-state index >= 15 is 0 Å². The number of fused-ring (bicyclic) bond motifs is 1. The molecule has 33 heavy (non-hydrogen) atoms. The number of hydrogen-bond acceptors (Lipinski definition) is 7. The summed E-state index contributed by atoms with van der Waals surface area (Å²) in [6.07, 6.45) is 8.22. The molecule has 3 aromatic heterocycles. The Morgan fingerprint density at radius 3 is 2.48 bits per heavy atom. The molecule has 1 amide bonds. The molecule has 1 saturated heterocycles. The molecule has 3 aromatic rings. The molecule has 5 rings (SSSR count). The van der Waals surface area contributed by atoms with Crippen LogP contribution in [0.15, 0.2) is 30.6 Å². The second kappa shape index (κ2) is 8.97. The van der Waals surface area contributed by atoms with E-state index in [9.17, 15) is 4.79 Å². The van der Waals surface area contributed by atoms with Gasteiger partial charge in [0.05, 0.1) is 34.9 Å². The van der Waals surface area contributed by atoms with Gasteiger partial charge in [0, 0.05) is 46.2 Å². The number of piperazine rings is 1. The standard InChI is InChI=1S/C24H32N8O/c1-29(2)23(33)20-14-19-16-26-24(28-32(19)22(20)17-6-4-5-7-17)27-21-9-8-18(15-25-21)31-12-10-30(3)11-13-31/h8-9,14-17H,4-7,10-13H2,1-3H3,(H,25,27,28). The number of anilines is 3. The van der Waals surface area contributed by atoms with Gasteiger partial charge in [-0.15, -0.1) is 5.10 Å². The summed E-state index contributed by atoms with van der Waals surface area (Å²) >= 11 is 0. The number of carbonyl (C=O) groups excluding carboxylic acids is 1. The fourth-order valence-electron chi connectivity index (χ4n) is 4.88. The lowest BCUT2D eigenvalue weighted by Crippen LogP contribution is -2.44. The molecular weight excluding hydrogens is 416 g/mol. The summed E-state index contributed by atoms with van der Waals surface area (Å²) in [7, 11) is 5.74. The van der Waals surface area contributed by atoms with E-state index in [4.69, 9.17) is 5.10 Å². The molecule has 2 fully saturated rings. The highest BCUT2D eigenvalue weighted by Crippen LogP contribution is 2.37. The van der Waals surface area contributed by atoms with Crippen molar-refractivity contribution in [3.63, 3.8) is 0 Å². The van der Waals surface area contributed by atoms with Crippen molar-refractivity contribution in [3.05, 3.63) is 41.9 Å². The first kappa shape index (κ1) is 21.6. The van der Waals surface area contributed by atoms with Gasteiger partial charge in [-0.1, -0.05) is 12.8 Å². The predicted octanol–water partition coefficient (Wildman–Crippen LogP) is 2.98. The van der Waals surface area contributed by atoms with Gasteiger partial charge >= 0.3 is 0 Å². The second-order valence-electron chi connectivity index (χ2n) is 9.36. The van der Waals surface area contributed by atoms with E-state index in [2.05, 4.69) is 38.2 Å². The van der Waals surface area contributed by atoms with Crippen molar-refractivity contribution < 1.29 is 4.79 Å². The average Bonchev–Trinajstić information content (AvgIpc) is 3.47. The highest BCUT2D eigenvalue weighted by molar-refractivity contribution is 5.97. The van der Waals surface area contributed by atoms with E-state index in [1.54, 1.807) is 25.2 Å². The van der Waals surface area contributed by atoms with Crippen LogP contribution in [0.2, 0.25) is 0 Å². The summed E-state index contributed by atoms with van der Waals surface area (Å²) in [5.41, 5.74) is 3.70. The minimum absolute atomic E-state index is 0.0121. The number of aromatic nitrogens is 4. The van der Waals surface area contributed by atoms with Gasteiger partial charge in [0.25, 0.3) is 5.91 Å². The molecule has 1 saturated carbocycles. The SMILES string of the molecule is CN1CCN(c2ccc(Nc3ncc4cc(C(=O)N(C)C)c(C5CCCC5)n4n3)nc2)CC1. The lowest BCUT2D eigenvalue weighted by molar-refractivity contribution is 0.0826. The van der Waals surface area contributed by atoms with Gasteiger partial charge in [0.1, 0.15) is 5.82 Å². The summed E-state index contributed by atoms with van der Waals surface area (Å²) in [5, 5.41) is 8.00. The third-order valence-corrected chi connectivity index (χ3v) is 6.79. The Balaban J connectivity index is 1.41. The Morgan fingerprint density at radius 1 is 1.06 bits per heavy atom. The summed E-state index contributed by atoms with van der Waals surface area (Å²) < 4.78 is 1.90. The Hall–Kier alpha value is -3.20. The van der Waals surface area contributed by atoms with Crippen LogP contribution in [0, 0.1) is 0 Å². The summed E-state index contributed by atoms with van der Waals surface area (Å²) in [6.45, 7) is 4.14. The zero-order valence-electron chi connectivity index (χ0n) is 19.7. The fraction of sp³-hybridized carbons (Fsp3) is 0.500. The van der Waals surface area contributed by atoms with Crippen molar-refractivity contribution in [2.45, 2.75) is 31.6 Å². The van der Waals surface area contributed by atoms with E-state index < -0.39 is 0 Å². The van der Waals surface area contributed by atoms with Crippen LogP contribution in [-0.4, -0.2) is 82.6 Å². The maximum absolute atomic E-state index is 12.9. The second-order valence-corrected chi connectivity index (χ2v) is 9.36. The Bertz CT molecular complexity index is 1130. The van der Waals surface area contributed by atoms with Crippen molar-refractivity contribution in [1.29, 1.82) is 0 Å². The lowest BCUT2D eigenvalue weighted by atomic mass is 10.00. The first-order chi connectivity index (χ1) is 16.0. The molecule has 0 atom stereocenters. The van der Waals surface area contributed by atoms with Crippen molar-refractivity contribution >= 4 is 28.9 Å². The number of amides is 1. The fourth-order valence-corrected chi connectivity index (χ4v) is 4.88. The van der Waals surface area contributed by atoms with Crippen molar-refractivity contribution in [3.8, 4) is 0 Å². The third-order valence-electron chi connectivity index (χ3n) is 6.79. The Morgan fingerprint density at radius 2 is 1.82 bits per heavy atom. The quantitative estimate of drug-likeness (QED) is 0.643. The predicted molar refractivity (Wildman–Crippen MR) is 129 cm³/mol. The van der Waals surface area contributed by atoms with Gasteiger partial charge in [-0.3, -0.25) is 4.79 Å². The molecule has 1 aliphatic carbocycles. The van der Waals surface area contributed by atoms with Crippen LogP contribution in [0.25, 0.3) is 5.52 Å². The van der Waals surface area contributed by atoms with Crippen molar-refractivity contribution in [2.24, 2.45) is 0 Å². The van der Waals surface area contributed by atoms with Crippen molar-refractivity contribution in [2.75, 3.05) is 57.5 Å². The minimum Gasteiger partial charge on any atom is -0.368 e. The van der Waals surface area contributed by atoms with Gasteiger partial charge in [-0.05, 0) is 38.1 Å². The number of carbonyl (C=O) groups is 1. The smallest absolute Gasteiger partial charge is 0.255 e. The highest BCUT2D eigenvalue weighted by Gasteiger charge is 2.28. The maximum atomic E-state index is 12.9. The number of likely N-dealkylation sites (N-methyl/N-ethyl adjacent to an activating group) is 1. The molecule has 9 heteroatoms. The van der Waals surface area contributed by atoms with Crippen molar-refractivity contribution in [1.82, 2.24) is 29.4 Å². The van der Waals surface area contributed by atoms with Gasteiger partial charge in [0.2, 0.25) is 5.95 Å². The van der Waals surface area contributed by atoms with Crippen LogP contribution in [-0.2, 0) is 0 Å². The number of nitrogens with zero attached hydrogens (tertiary/aromatic N) is 7. The first-order valence-corrected chi connectivity index (χ1v) is 11.8. The number of rotatable bonds is 5. The van der Waals surface area contributed by atoms with Crippen LogP contribution < -0.4 is 10.2 Å². The van der Waals surface area contributed by atoms with Gasteiger partial charge in [-0.2, -0.15) is 0 Å². The molecular formula is C24H32N8O. The Labute approximate surface area is 194 Å². The molecule has 9 nitrogen and oxygen atoms in total. The third kappa shape index (κ3) is 4.37. The Kier molecular flexibility index (Phi) is 5.88. The van der Waals surface area contributed by atoms with Gasteiger partial charge < -0.3 is 20.0 Å². The molecule has 0 bridgehead atoms. The first-order valence-electron chi connectivity index (χ1n) is 11.8. The summed E-state index contributed by atoms with van der Waals surface area (Å²) in [5.74, 6) is 1.53. The molecule has 2 aliphatic rings. The van der Waals surface area contributed by atoms with Crippen LogP contribution >= 0.6 is 0 Å². The van der Waals surface area contributed by atoms with E-state index in [0.717, 1.165) is 61.5 Å². The van der Waals surface area contributed by atoms with Gasteiger partial charge in [-0.25, -0.2) is 14.5 Å². The molecule has 174 valence electrons. The molecule has 1 aliphatic heterocycles. The van der Waals surface area contributed by atoms with E-state index in [0.29, 0.717) is 17.7 Å². The largest absolute Gasteiger partial charge is 0.368 e.